The number of hydrogen-bond donors (Lipinski definition) is 0. The predicted octanol–water partition coefficient (Wildman–Crippen LogP) is 6.86. The Bertz CT molecular complexity index is 1520. The highest BCUT2D eigenvalue weighted by Gasteiger charge is 2.18. The number of rotatable bonds is 3. The van der Waals surface area contributed by atoms with Crippen molar-refractivity contribution in [3.8, 4) is 6.07 Å². The molecule has 4 aromatic rings. The molecule has 4 nitrogen and oxygen atoms in total. The quantitative estimate of drug-likeness (QED) is 0.257. The molecule has 0 atom stereocenters. The fraction of sp³-hybridized carbons (Fsp3) is 0.179. The van der Waals surface area contributed by atoms with E-state index in [2.05, 4.69) is 82.9 Å². The Balaban J connectivity index is 1.63. The van der Waals surface area contributed by atoms with Crippen LogP contribution >= 0.6 is 15.9 Å². The van der Waals surface area contributed by atoms with Crippen LogP contribution in [0.5, 0.6) is 0 Å². The van der Waals surface area contributed by atoms with E-state index in [1.165, 1.54) is 5.56 Å². The van der Waals surface area contributed by atoms with E-state index in [0.717, 1.165) is 67.0 Å². The summed E-state index contributed by atoms with van der Waals surface area (Å²) in [6, 6.07) is 16.9. The van der Waals surface area contributed by atoms with Gasteiger partial charge in [0.1, 0.15) is 11.3 Å². The molecule has 1 aliphatic carbocycles. The summed E-state index contributed by atoms with van der Waals surface area (Å²) in [5.41, 5.74) is 10.5. The third-order valence-corrected chi connectivity index (χ3v) is 6.84. The average molecular weight is 495 g/mol. The summed E-state index contributed by atoms with van der Waals surface area (Å²) in [7, 11) is 0. The normalized spacial score (nSPS) is 13.6. The first-order chi connectivity index (χ1) is 16.0. The first kappa shape index (κ1) is 21.4. The molecule has 0 saturated heterocycles. The smallest absolute Gasteiger partial charge is 0.160 e. The van der Waals surface area contributed by atoms with Gasteiger partial charge >= 0.3 is 0 Å². The molecule has 0 radical (unpaired) electrons. The fourth-order valence-electron chi connectivity index (χ4n) is 4.64. The second kappa shape index (κ2) is 8.46. The molecule has 2 aromatic heterocycles. The van der Waals surface area contributed by atoms with E-state index in [1.807, 2.05) is 19.1 Å². The van der Waals surface area contributed by atoms with E-state index in [4.69, 9.17) is 9.97 Å². The Morgan fingerprint density at radius 2 is 1.91 bits per heavy atom. The van der Waals surface area contributed by atoms with Gasteiger partial charge in [-0.2, -0.15) is 5.26 Å². The van der Waals surface area contributed by atoms with Crippen molar-refractivity contribution in [3.63, 3.8) is 0 Å². The third-order valence-electron chi connectivity index (χ3n) is 6.15. The van der Waals surface area contributed by atoms with Gasteiger partial charge in [-0.25, -0.2) is 9.97 Å². The largest absolute Gasteiger partial charge is 0.308 e. The molecule has 0 saturated carbocycles. The van der Waals surface area contributed by atoms with Gasteiger partial charge in [0.25, 0.3) is 0 Å². The van der Waals surface area contributed by atoms with Crippen LogP contribution < -0.4 is 0 Å². The van der Waals surface area contributed by atoms with Crippen LogP contribution in [0.1, 0.15) is 51.8 Å². The zero-order chi connectivity index (χ0) is 23.1. The summed E-state index contributed by atoms with van der Waals surface area (Å²) in [6.07, 6.45) is 6.75. The molecule has 2 aromatic carbocycles. The van der Waals surface area contributed by atoms with E-state index in [0.29, 0.717) is 6.54 Å². The number of nitrogens with zero attached hydrogens (tertiary/aromatic N) is 4. The Kier molecular flexibility index (Phi) is 5.47. The summed E-state index contributed by atoms with van der Waals surface area (Å²) < 4.78 is 3.25. The maximum absolute atomic E-state index is 9.48. The number of benzene rings is 2. The minimum absolute atomic E-state index is 0.699. The Morgan fingerprint density at radius 3 is 2.70 bits per heavy atom. The third kappa shape index (κ3) is 3.71. The molecule has 5 heteroatoms. The second-order valence-electron chi connectivity index (χ2n) is 8.36. The number of hydrogen-bond acceptors (Lipinski definition) is 3. The Labute approximate surface area is 202 Å². The van der Waals surface area contributed by atoms with E-state index >= 15 is 0 Å². The molecule has 0 fully saturated rings. The van der Waals surface area contributed by atoms with Crippen molar-refractivity contribution in [3.05, 3.63) is 97.9 Å². The van der Waals surface area contributed by atoms with Gasteiger partial charge in [-0.1, -0.05) is 59.3 Å². The van der Waals surface area contributed by atoms with Crippen LogP contribution in [0.15, 0.2) is 53.0 Å². The van der Waals surface area contributed by atoms with Crippen LogP contribution in [0.4, 0.5) is 0 Å². The van der Waals surface area contributed by atoms with E-state index < -0.39 is 0 Å². The van der Waals surface area contributed by atoms with Crippen LogP contribution in [0.25, 0.3) is 28.9 Å². The molecule has 0 aliphatic heterocycles. The minimum Gasteiger partial charge on any atom is -0.308 e. The number of aromatic nitrogens is 3. The van der Waals surface area contributed by atoms with Gasteiger partial charge in [0.05, 0.1) is 12.6 Å². The highest BCUT2D eigenvalue weighted by Crippen LogP contribution is 2.37. The van der Waals surface area contributed by atoms with Crippen LogP contribution in [0, 0.1) is 25.2 Å². The number of allylic oxidation sites excluding steroid dienone is 1. The van der Waals surface area contributed by atoms with Crippen molar-refractivity contribution in [1.29, 1.82) is 5.26 Å². The molecule has 0 bridgehead atoms. The number of nitriles is 1. The lowest BCUT2D eigenvalue weighted by molar-refractivity contribution is 0.745. The first-order valence-electron chi connectivity index (χ1n) is 11.0. The fourth-order valence-corrected chi connectivity index (χ4v) is 5.14. The second-order valence-corrected chi connectivity index (χ2v) is 9.22. The monoisotopic (exact) mass is 494 g/mol. The van der Waals surface area contributed by atoms with Crippen LogP contribution in [0.2, 0.25) is 0 Å². The highest BCUT2D eigenvalue weighted by molar-refractivity contribution is 9.10. The maximum Gasteiger partial charge on any atom is 0.160 e. The lowest BCUT2D eigenvalue weighted by atomic mass is 9.92. The van der Waals surface area contributed by atoms with Crippen LogP contribution in [-0.4, -0.2) is 14.5 Å². The molecule has 0 unspecified atom stereocenters. The summed E-state index contributed by atoms with van der Waals surface area (Å²) >= 11 is 3.67. The number of imidazole rings is 1. The number of pyridine rings is 1. The first-order valence-corrected chi connectivity index (χ1v) is 11.8. The molecule has 1 aliphatic rings. The van der Waals surface area contributed by atoms with Crippen molar-refractivity contribution < 1.29 is 0 Å². The van der Waals surface area contributed by atoms with Crippen molar-refractivity contribution in [2.75, 3.05) is 0 Å². The lowest BCUT2D eigenvalue weighted by Gasteiger charge is -2.14. The Morgan fingerprint density at radius 1 is 1.06 bits per heavy atom. The summed E-state index contributed by atoms with van der Waals surface area (Å²) in [6.45, 7) is 6.96. The standard InChI is InChI=1S/C28H23BrN4/c1-4-26-32-27-17(2)14-18(3)31-28(27)33(26)16-19-8-10-21-20(15-19)9-11-24-22(23(21)12-13-30)6-5-7-25(24)29/h5-12,14-15H,4,16H2,1-3H3. The van der Waals surface area contributed by atoms with E-state index in [1.54, 1.807) is 6.08 Å². The average Bonchev–Trinajstić information content (AvgIpc) is 3.06. The van der Waals surface area contributed by atoms with Gasteiger partial charge < -0.3 is 4.57 Å². The number of fused-ring (bicyclic) bond motifs is 3. The zero-order valence-electron chi connectivity index (χ0n) is 18.9. The predicted molar refractivity (Wildman–Crippen MR) is 138 cm³/mol. The van der Waals surface area contributed by atoms with Gasteiger partial charge in [0.2, 0.25) is 0 Å². The summed E-state index contributed by atoms with van der Waals surface area (Å²) in [5, 5.41) is 9.48. The van der Waals surface area contributed by atoms with Crippen molar-refractivity contribution in [1.82, 2.24) is 14.5 Å². The molecule has 33 heavy (non-hydrogen) atoms. The Hall–Kier alpha value is -3.49. The van der Waals surface area contributed by atoms with E-state index in [9.17, 15) is 5.26 Å². The molecule has 162 valence electrons. The molecule has 0 amide bonds. The van der Waals surface area contributed by atoms with Gasteiger partial charge in [-0.15, -0.1) is 0 Å². The molecular weight excluding hydrogens is 472 g/mol. The van der Waals surface area contributed by atoms with Crippen molar-refractivity contribution >= 4 is 44.8 Å². The van der Waals surface area contributed by atoms with Gasteiger partial charge in [0, 0.05) is 28.2 Å². The molecule has 2 heterocycles. The minimum atomic E-state index is 0.699. The van der Waals surface area contributed by atoms with Crippen LogP contribution in [-0.2, 0) is 13.0 Å². The SMILES string of the molecule is CCc1nc2c(C)cc(C)nc2n1Cc1ccc2c(c1)C=Cc1c(Br)cccc1C2=CC#N. The summed E-state index contributed by atoms with van der Waals surface area (Å²) in [5.74, 6) is 1.04. The van der Waals surface area contributed by atoms with Gasteiger partial charge in [-0.05, 0) is 65.4 Å². The number of aryl methyl sites for hydroxylation is 3. The zero-order valence-corrected chi connectivity index (χ0v) is 20.4. The lowest BCUT2D eigenvalue weighted by Crippen LogP contribution is -2.06. The molecule has 0 spiro atoms. The molecule has 0 N–H and O–H groups in total. The highest BCUT2D eigenvalue weighted by atomic mass is 79.9. The number of halogens is 1. The van der Waals surface area contributed by atoms with Gasteiger partial charge in [0.15, 0.2) is 5.65 Å². The van der Waals surface area contributed by atoms with Crippen molar-refractivity contribution in [2.24, 2.45) is 0 Å². The van der Waals surface area contributed by atoms with Crippen molar-refractivity contribution in [2.45, 2.75) is 33.7 Å². The van der Waals surface area contributed by atoms with Gasteiger partial charge in [-0.3, -0.25) is 0 Å². The molecule has 5 rings (SSSR count). The van der Waals surface area contributed by atoms with E-state index in [-0.39, 0.29) is 0 Å². The topological polar surface area (TPSA) is 54.5 Å². The maximum atomic E-state index is 9.48. The van der Waals surface area contributed by atoms with Crippen LogP contribution in [0.3, 0.4) is 0 Å². The molecular formula is C28H23BrN4. The summed E-state index contributed by atoms with van der Waals surface area (Å²) in [4.78, 5) is 9.69.